The Balaban J connectivity index is 1.61. The highest BCUT2D eigenvalue weighted by Crippen LogP contribution is 2.30. The molecule has 1 aliphatic carbocycles. The van der Waals surface area contributed by atoms with Gasteiger partial charge in [0.2, 0.25) is 5.91 Å². The highest BCUT2D eigenvalue weighted by Gasteiger charge is 2.35. The van der Waals surface area contributed by atoms with Crippen LogP contribution in [0.1, 0.15) is 50.1 Å². The van der Waals surface area contributed by atoms with E-state index in [4.69, 9.17) is 4.74 Å². The number of aryl methyl sites for hydroxylation is 2. The van der Waals surface area contributed by atoms with Gasteiger partial charge in [0.1, 0.15) is 6.04 Å². The average Bonchev–Trinajstić information content (AvgIpc) is 3.18. The van der Waals surface area contributed by atoms with Gasteiger partial charge in [-0.2, -0.15) is 0 Å². The van der Waals surface area contributed by atoms with Crippen molar-refractivity contribution < 1.29 is 14.3 Å². The lowest BCUT2D eigenvalue weighted by Gasteiger charge is -2.23. The molecule has 0 spiro atoms. The fraction of sp³-hybridized carbons (Fsp3) is 0.706. The molecule has 1 saturated heterocycles. The number of ether oxygens (including phenoxy) is 1. The van der Waals surface area contributed by atoms with Crippen LogP contribution in [0.15, 0.2) is 0 Å². The summed E-state index contributed by atoms with van der Waals surface area (Å²) in [7, 11) is 0. The van der Waals surface area contributed by atoms with Crippen LogP contribution in [0.4, 0.5) is 9.93 Å². The number of hydrogen-bond donors (Lipinski definition) is 1. The summed E-state index contributed by atoms with van der Waals surface area (Å²) in [6.45, 7) is 4.93. The second-order valence-corrected chi connectivity index (χ2v) is 7.99. The smallest absolute Gasteiger partial charge is 0.410 e. The Hall–Kier alpha value is -1.63. The molecule has 132 valence electrons. The first-order valence-electron chi connectivity index (χ1n) is 8.77. The fourth-order valence-electron chi connectivity index (χ4n) is 3.17. The minimum absolute atomic E-state index is 0.153. The number of anilines is 1. The van der Waals surface area contributed by atoms with E-state index in [9.17, 15) is 9.59 Å². The summed E-state index contributed by atoms with van der Waals surface area (Å²) in [4.78, 5) is 32.2. The molecule has 1 N–H and O–H groups in total. The number of carbonyl (C=O) groups is 2. The van der Waals surface area contributed by atoms with Crippen LogP contribution < -0.4 is 5.32 Å². The number of likely N-dealkylation sites (tertiary alicyclic amines) is 1. The van der Waals surface area contributed by atoms with E-state index in [1.54, 1.807) is 16.2 Å². The summed E-state index contributed by atoms with van der Waals surface area (Å²) < 4.78 is 5.28. The van der Waals surface area contributed by atoms with Crippen molar-refractivity contribution in [2.24, 2.45) is 5.92 Å². The maximum Gasteiger partial charge on any atom is 0.410 e. The van der Waals surface area contributed by atoms with Crippen LogP contribution in [-0.2, 0) is 22.4 Å². The average molecular weight is 351 g/mol. The topological polar surface area (TPSA) is 71.5 Å². The largest absolute Gasteiger partial charge is 0.449 e. The van der Waals surface area contributed by atoms with E-state index >= 15 is 0 Å². The summed E-state index contributed by atoms with van der Waals surface area (Å²) in [5.74, 6) is 0.130. The molecule has 6 nitrogen and oxygen atoms in total. The number of hydrogen-bond acceptors (Lipinski definition) is 5. The number of amides is 2. The molecule has 24 heavy (non-hydrogen) atoms. The molecular formula is C17H25N3O3S. The molecule has 2 heterocycles. The van der Waals surface area contributed by atoms with E-state index in [-0.39, 0.29) is 17.9 Å². The number of nitrogens with zero attached hydrogens (tertiary/aromatic N) is 2. The van der Waals surface area contributed by atoms with Crippen molar-refractivity contribution in [1.82, 2.24) is 9.88 Å². The SMILES string of the molecule is CC(C)COC(=O)N1CCCC1C(=O)Nc1nc2c(s1)CCCC2. The van der Waals surface area contributed by atoms with Crippen LogP contribution >= 0.6 is 11.3 Å². The lowest BCUT2D eigenvalue weighted by molar-refractivity contribution is -0.120. The van der Waals surface area contributed by atoms with Gasteiger partial charge in [-0.15, -0.1) is 11.3 Å². The van der Waals surface area contributed by atoms with Gasteiger partial charge in [0.25, 0.3) is 0 Å². The van der Waals surface area contributed by atoms with Gasteiger partial charge in [0.15, 0.2) is 5.13 Å². The van der Waals surface area contributed by atoms with E-state index in [1.807, 2.05) is 13.8 Å². The van der Waals surface area contributed by atoms with E-state index in [0.29, 0.717) is 24.7 Å². The van der Waals surface area contributed by atoms with E-state index in [1.165, 1.54) is 17.7 Å². The van der Waals surface area contributed by atoms with Crippen molar-refractivity contribution in [3.05, 3.63) is 10.6 Å². The van der Waals surface area contributed by atoms with E-state index in [2.05, 4.69) is 10.3 Å². The first-order chi connectivity index (χ1) is 11.5. The minimum Gasteiger partial charge on any atom is -0.449 e. The van der Waals surface area contributed by atoms with Crippen LogP contribution in [-0.4, -0.2) is 41.1 Å². The zero-order valence-corrected chi connectivity index (χ0v) is 15.2. The fourth-order valence-corrected chi connectivity index (χ4v) is 4.23. The number of fused-ring (bicyclic) bond motifs is 1. The molecule has 1 fully saturated rings. The van der Waals surface area contributed by atoms with Gasteiger partial charge in [-0.3, -0.25) is 9.69 Å². The first kappa shape index (κ1) is 17.2. The van der Waals surface area contributed by atoms with Crippen molar-refractivity contribution in [1.29, 1.82) is 0 Å². The zero-order valence-electron chi connectivity index (χ0n) is 14.3. The molecule has 3 rings (SSSR count). The number of rotatable bonds is 4. The third kappa shape index (κ3) is 3.88. The maximum absolute atomic E-state index is 12.6. The lowest BCUT2D eigenvalue weighted by Crippen LogP contribution is -2.43. The molecule has 2 aliphatic rings. The Kier molecular flexibility index (Phi) is 5.38. The number of carbonyl (C=O) groups excluding carboxylic acids is 2. The molecule has 0 radical (unpaired) electrons. The quantitative estimate of drug-likeness (QED) is 0.904. The van der Waals surface area contributed by atoms with Crippen LogP contribution in [0.3, 0.4) is 0 Å². The van der Waals surface area contributed by atoms with Crippen molar-refractivity contribution >= 4 is 28.5 Å². The molecule has 1 aromatic rings. The zero-order chi connectivity index (χ0) is 17.1. The molecule has 1 atom stereocenters. The maximum atomic E-state index is 12.6. The van der Waals surface area contributed by atoms with Gasteiger partial charge in [-0.05, 0) is 44.4 Å². The summed E-state index contributed by atoms with van der Waals surface area (Å²) in [6.07, 6.45) is 5.53. The van der Waals surface area contributed by atoms with Crippen LogP contribution in [0, 0.1) is 5.92 Å². The summed E-state index contributed by atoms with van der Waals surface area (Å²) >= 11 is 1.57. The van der Waals surface area contributed by atoms with Gasteiger partial charge < -0.3 is 10.1 Å². The van der Waals surface area contributed by atoms with Crippen molar-refractivity contribution in [2.45, 2.75) is 58.4 Å². The molecule has 1 aliphatic heterocycles. The number of nitrogens with one attached hydrogen (secondary N) is 1. The molecule has 0 bridgehead atoms. The highest BCUT2D eigenvalue weighted by atomic mass is 32.1. The highest BCUT2D eigenvalue weighted by molar-refractivity contribution is 7.15. The summed E-state index contributed by atoms with van der Waals surface area (Å²) in [5, 5.41) is 3.57. The first-order valence-corrected chi connectivity index (χ1v) is 9.59. The molecular weight excluding hydrogens is 326 g/mol. The van der Waals surface area contributed by atoms with Gasteiger partial charge in [-0.1, -0.05) is 13.8 Å². The van der Waals surface area contributed by atoms with Crippen molar-refractivity contribution in [3.8, 4) is 0 Å². The van der Waals surface area contributed by atoms with Gasteiger partial charge in [-0.25, -0.2) is 9.78 Å². The lowest BCUT2D eigenvalue weighted by atomic mass is 10.0. The van der Waals surface area contributed by atoms with Crippen LogP contribution in [0.5, 0.6) is 0 Å². The number of aromatic nitrogens is 1. The normalized spacial score (nSPS) is 20.1. The van der Waals surface area contributed by atoms with Gasteiger partial charge in [0.05, 0.1) is 12.3 Å². The Morgan fingerprint density at radius 3 is 2.88 bits per heavy atom. The van der Waals surface area contributed by atoms with Crippen LogP contribution in [0.25, 0.3) is 0 Å². The molecule has 2 amide bonds. The Bertz CT molecular complexity index is 591. The number of thiazole rings is 1. The minimum atomic E-state index is -0.453. The third-order valence-corrected chi connectivity index (χ3v) is 5.48. The molecule has 7 heteroatoms. The van der Waals surface area contributed by atoms with Gasteiger partial charge in [0, 0.05) is 11.4 Å². The van der Waals surface area contributed by atoms with Crippen molar-refractivity contribution in [2.75, 3.05) is 18.5 Å². The van der Waals surface area contributed by atoms with Crippen LogP contribution in [0.2, 0.25) is 0 Å². The predicted molar refractivity (Wildman–Crippen MR) is 93.3 cm³/mol. The Morgan fingerprint density at radius 1 is 1.33 bits per heavy atom. The second-order valence-electron chi connectivity index (χ2n) is 6.91. The van der Waals surface area contributed by atoms with Crippen molar-refractivity contribution in [3.63, 3.8) is 0 Å². The van der Waals surface area contributed by atoms with Gasteiger partial charge >= 0.3 is 6.09 Å². The van der Waals surface area contributed by atoms with E-state index in [0.717, 1.165) is 25.0 Å². The Morgan fingerprint density at radius 2 is 2.12 bits per heavy atom. The summed E-state index contributed by atoms with van der Waals surface area (Å²) in [6, 6.07) is -0.453. The van der Waals surface area contributed by atoms with E-state index < -0.39 is 6.04 Å². The molecule has 0 saturated carbocycles. The molecule has 0 aromatic carbocycles. The summed E-state index contributed by atoms with van der Waals surface area (Å²) in [5.41, 5.74) is 1.13. The second kappa shape index (κ2) is 7.51. The standard InChI is InChI=1S/C17H25N3O3S/c1-11(2)10-23-17(22)20-9-5-7-13(20)15(21)19-16-18-12-6-3-4-8-14(12)24-16/h11,13H,3-10H2,1-2H3,(H,18,19,21). The predicted octanol–water partition coefficient (Wildman–Crippen LogP) is 3.22. The molecule has 1 aromatic heterocycles. The monoisotopic (exact) mass is 351 g/mol. The molecule has 1 unspecified atom stereocenters. The Labute approximate surface area is 146 Å². The third-order valence-electron chi connectivity index (χ3n) is 4.41.